The molecule has 0 aliphatic heterocycles. The average Bonchev–Trinajstić information content (AvgIpc) is 2.92. The molecule has 2 unspecified atom stereocenters. The Bertz CT molecular complexity index is 536. The summed E-state index contributed by atoms with van der Waals surface area (Å²) in [6.45, 7) is 4.33. The number of nitrogens with one attached hydrogen (secondary N) is 1. The number of tetrazole rings is 1. The molecule has 5 heteroatoms. The van der Waals surface area contributed by atoms with E-state index in [0.717, 1.165) is 30.9 Å². The second-order valence-electron chi connectivity index (χ2n) is 5.41. The maximum Gasteiger partial charge on any atom is 0.204 e. The van der Waals surface area contributed by atoms with Crippen LogP contribution in [-0.2, 0) is 0 Å². The summed E-state index contributed by atoms with van der Waals surface area (Å²) in [5, 5.41) is 16.5. The highest BCUT2D eigenvalue weighted by molar-refractivity contribution is 5.52. The van der Waals surface area contributed by atoms with Gasteiger partial charge in [-0.25, -0.2) is 0 Å². The number of rotatable bonds is 6. The highest BCUT2D eigenvalue weighted by Gasteiger charge is 2.33. The normalized spacial score (nSPS) is 21.6. The summed E-state index contributed by atoms with van der Waals surface area (Å²) in [7, 11) is 0. The van der Waals surface area contributed by atoms with Gasteiger partial charge in [-0.15, -0.1) is 10.2 Å². The van der Waals surface area contributed by atoms with Gasteiger partial charge in [0.05, 0.1) is 6.04 Å². The third-order valence-electron chi connectivity index (χ3n) is 3.97. The monoisotopic (exact) mass is 271 g/mol. The summed E-state index contributed by atoms with van der Waals surface area (Å²) >= 11 is 0. The quantitative estimate of drug-likeness (QED) is 0.819. The van der Waals surface area contributed by atoms with Gasteiger partial charge in [0.25, 0.3) is 0 Å². The van der Waals surface area contributed by atoms with Gasteiger partial charge in [0, 0.05) is 12.1 Å². The molecule has 2 atom stereocenters. The second-order valence-corrected chi connectivity index (χ2v) is 5.41. The van der Waals surface area contributed by atoms with Crippen LogP contribution in [0.25, 0.3) is 11.4 Å². The molecule has 20 heavy (non-hydrogen) atoms. The molecule has 3 rings (SSSR count). The first kappa shape index (κ1) is 13.2. The van der Waals surface area contributed by atoms with E-state index in [-0.39, 0.29) is 0 Å². The van der Waals surface area contributed by atoms with Crippen molar-refractivity contribution < 1.29 is 0 Å². The van der Waals surface area contributed by atoms with Gasteiger partial charge >= 0.3 is 0 Å². The van der Waals surface area contributed by atoms with Gasteiger partial charge in [-0.1, -0.05) is 37.3 Å². The lowest BCUT2D eigenvalue weighted by Gasteiger charge is -2.35. The van der Waals surface area contributed by atoms with E-state index < -0.39 is 0 Å². The summed E-state index contributed by atoms with van der Waals surface area (Å²) < 4.78 is 0. The number of benzene rings is 1. The van der Waals surface area contributed by atoms with Gasteiger partial charge < -0.3 is 5.32 Å². The second kappa shape index (κ2) is 6.13. The van der Waals surface area contributed by atoms with Crippen LogP contribution in [0.1, 0.15) is 32.2 Å². The van der Waals surface area contributed by atoms with Crippen LogP contribution in [0.2, 0.25) is 0 Å². The summed E-state index contributed by atoms with van der Waals surface area (Å²) in [6, 6.07) is 10.4. The van der Waals surface area contributed by atoms with Crippen LogP contribution in [0.4, 0.5) is 0 Å². The Labute approximate surface area is 119 Å². The zero-order chi connectivity index (χ0) is 13.8. The van der Waals surface area contributed by atoms with E-state index in [4.69, 9.17) is 0 Å². The molecule has 5 nitrogen and oxygen atoms in total. The number of nitrogens with zero attached hydrogens (tertiary/aromatic N) is 4. The molecule has 0 amide bonds. The van der Waals surface area contributed by atoms with E-state index in [2.05, 4.69) is 27.7 Å². The lowest BCUT2D eigenvalue weighted by atomic mass is 9.80. The predicted molar refractivity (Wildman–Crippen MR) is 78.2 cm³/mol. The Morgan fingerprint density at radius 3 is 2.80 bits per heavy atom. The maximum absolute atomic E-state index is 4.55. The molecule has 1 aromatic carbocycles. The number of hydrogen-bond acceptors (Lipinski definition) is 4. The molecular formula is C15H21N5. The Morgan fingerprint density at radius 2 is 2.10 bits per heavy atom. The molecule has 0 radical (unpaired) electrons. The van der Waals surface area contributed by atoms with Crippen molar-refractivity contribution in [2.75, 3.05) is 13.1 Å². The summed E-state index contributed by atoms with van der Waals surface area (Å²) in [6.07, 6.45) is 3.59. The Kier molecular flexibility index (Phi) is 4.06. The molecule has 1 fully saturated rings. The van der Waals surface area contributed by atoms with Crippen molar-refractivity contribution in [3.8, 4) is 11.4 Å². The average molecular weight is 271 g/mol. The van der Waals surface area contributed by atoms with Crippen molar-refractivity contribution >= 4 is 0 Å². The van der Waals surface area contributed by atoms with E-state index in [1.807, 2.05) is 35.1 Å². The van der Waals surface area contributed by atoms with E-state index in [1.54, 1.807) is 0 Å². The Morgan fingerprint density at radius 1 is 1.25 bits per heavy atom. The van der Waals surface area contributed by atoms with Crippen LogP contribution >= 0.6 is 0 Å². The van der Waals surface area contributed by atoms with Crippen molar-refractivity contribution in [3.05, 3.63) is 30.3 Å². The van der Waals surface area contributed by atoms with E-state index >= 15 is 0 Å². The fraction of sp³-hybridized carbons (Fsp3) is 0.533. The SMILES string of the molecule is CCCNCC1CCC1n1nnc(-c2ccccc2)n1. The van der Waals surface area contributed by atoms with Crippen molar-refractivity contribution in [2.45, 2.75) is 32.2 Å². The van der Waals surface area contributed by atoms with Crippen LogP contribution in [0.3, 0.4) is 0 Å². The topological polar surface area (TPSA) is 55.6 Å². The number of aromatic nitrogens is 4. The Balaban J connectivity index is 1.65. The van der Waals surface area contributed by atoms with Crippen molar-refractivity contribution in [1.29, 1.82) is 0 Å². The van der Waals surface area contributed by atoms with Crippen LogP contribution in [0, 0.1) is 5.92 Å². The first-order valence-corrected chi connectivity index (χ1v) is 7.44. The molecule has 1 aliphatic rings. The predicted octanol–water partition coefficient (Wildman–Crippen LogP) is 2.29. The highest BCUT2D eigenvalue weighted by Crippen LogP contribution is 2.37. The van der Waals surface area contributed by atoms with Gasteiger partial charge in [0.15, 0.2) is 0 Å². The van der Waals surface area contributed by atoms with Gasteiger partial charge in [-0.2, -0.15) is 4.80 Å². The first-order chi connectivity index (χ1) is 9.88. The zero-order valence-corrected chi connectivity index (χ0v) is 11.9. The largest absolute Gasteiger partial charge is 0.316 e. The van der Waals surface area contributed by atoms with Crippen LogP contribution in [-0.4, -0.2) is 33.3 Å². The minimum absolute atomic E-state index is 0.407. The van der Waals surface area contributed by atoms with Crippen LogP contribution < -0.4 is 5.32 Å². The van der Waals surface area contributed by atoms with Gasteiger partial charge in [0.1, 0.15) is 0 Å². The smallest absolute Gasteiger partial charge is 0.204 e. The maximum atomic E-state index is 4.55. The fourth-order valence-electron chi connectivity index (χ4n) is 2.63. The Hall–Kier alpha value is -1.75. The van der Waals surface area contributed by atoms with Crippen molar-refractivity contribution in [1.82, 2.24) is 25.5 Å². The van der Waals surface area contributed by atoms with E-state index in [0.29, 0.717) is 12.0 Å². The molecule has 0 spiro atoms. The molecule has 1 N–H and O–H groups in total. The highest BCUT2D eigenvalue weighted by atomic mass is 15.6. The molecule has 106 valence electrons. The third-order valence-corrected chi connectivity index (χ3v) is 3.97. The minimum atomic E-state index is 0.407. The molecule has 1 heterocycles. The van der Waals surface area contributed by atoms with Crippen LogP contribution in [0.15, 0.2) is 30.3 Å². The van der Waals surface area contributed by atoms with Gasteiger partial charge in [-0.05, 0) is 36.9 Å². The summed E-state index contributed by atoms with van der Waals surface area (Å²) in [4.78, 5) is 1.81. The van der Waals surface area contributed by atoms with Crippen LogP contribution in [0.5, 0.6) is 0 Å². The zero-order valence-electron chi connectivity index (χ0n) is 11.9. The lowest BCUT2D eigenvalue weighted by Crippen LogP contribution is -2.38. The first-order valence-electron chi connectivity index (χ1n) is 7.44. The molecule has 1 aliphatic carbocycles. The molecule has 0 saturated heterocycles. The van der Waals surface area contributed by atoms with Gasteiger partial charge in [0.2, 0.25) is 5.82 Å². The minimum Gasteiger partial charge on any atom is -0.316 e. The van der Waals surface area contributed by atoms with E-state index in [1.165, 1.54) is 12.8 Å². The molecule has 2 aromatic rings. The molecule has 0 bridgehead atoms. The van der Waals surface area contributed by atoms with E-state index in [9.17, 15) is 0 Å². The fourth-order valence-corrected chi connectivity index (χ4v) is 2.63. The third kappa shape index (κ3) is 2.72. The molecule has 1 saturated carbocycles. The molecular weight excluding hydrogens is 250 g/mol. The number of hydrogen-bond donors (Lipinski definition) is 1. The lowest BCUT2D eigenvalue weighted by molar-refractivity contribution is 0.145. The summed E-state index contributed by atoms with van der Waals surface area (Å²) in [5.41, 5.74) is 1.03. The molecule has 1 aromatic heterocycles. The van der Waals surface area contributed by atoms with Crippen molar-refractivity contribution in [3.63, 3.8) is 0 Å². The summed E-state index contributed by atoms with van der Waals surface area (Å²) in [5.74, 6) is 1.36. The standard InChI is InChI=1S/C15H21N5/c1-2-10-16-11-13-8-9-14(13)20-18-15(17-19-20)12-6-4-3-5-7-12/h3-7,13-14,16H,2,8-11H2,1H3. The van der Waals surface area contributed by atoms with Crippen molar-refractivity contribution in [2.24, 2.45) is 5.92 Å². The van der Waals surface area contributed by atoms with Gasteiger partial charge in [-0.3, -0.25) is 0 Å².